The van der Waals surface area contributed by atoms with Crippen LogP contribution in [0.2, 0.25) is 0 Å². The molecule has 1 saturated heterocycles. The molecule has 17 heavy (non-hydrogen) atoms. The highest BCUT2D eigenvalue weighted by Gasteiger charge is 2.31. The van der Waals surface area contributed by atoms with Crippen molar-refractivity contribution in [2.24, 2.45) is 11.8 Å². The fourth-order valence-electron chi connectivity index (χ4n) is 2.38. The van der Waals surface area contributed by atoms with Gasteiger partial charge in [0, 0.05) is 10.2 Å². The van der Waals surface area contributed by atoms with E-state index in [2.05, 4.69) is 59.2 Å². The first-order valence-corrected chi connectivity index (χ1v) is 7.10. The highest BCUT2D eigenvalue weighted by atomic mass is 127. The maximum absolute atomic E-state index is 5.77. The van der Waals surface area contributed by atoms with Gasteiger partial charge in [-0.1, -0.05) is 19.1 Å². The quantitative estimate of drug-likeness (QED) is 0.499. The molecule has 4 heteroatoms. The van der Waals surface area contributed by atoms with Crippen LogP contribution in [0.25, 0.3) is 0 Å². The number of hydrazine groups is 1. The molecule has 2 rings (SSSR count). The van der Waals surface area contributed by atoms with E-state index in [1.165, 1.54) is 9.13 Å². The SMILES string of the molecule is CC1CCOC1C(Cc1ccc(I)cc1)NN. The molecule has 0 saturated carbocycles. The number of rotatable bonds is 4. The molecule has 3 nitrogen and oxygen atoms in total. The maximum atomic E-state index is 5.77. The molecular weight excluding hydrogens is 327 g/mol. The van der Waals surface area contributed by atoms with Crippen molar-refractivity contribution in [3.63, 3.8) is 0 Å². The van der Waals surface area contributed by atoms with Crippen molar-refractivity contribution in [3.05, 3.63) is 33.4 Å². The lowest BCUT2D eigenvalue weighted by atomic mass is 9.93. The number of nitrogens with one attached hydrogen (secondary N) is 1. The second kappa shape index (κ2) is 6.13. The maximum Gasteiger partial charge on any atom is 0.0771 e. The predicted octanol–water partition coefficient (Wildman–Crippen LogP) is 2.09. The Morgan fingerprint density at radius 2 is 2.18 bits per heavy atom. The number of benzene rings is 1. The van der Waals surface area contributed by atoms with E-state index in [9.17, 15) is 0 Å². The lowest BCUT2D eigenvalue weighted by Gasteiger charge is -2.25. The van der Waals surface area contributed by atoms with Crippen molar-refractivity contribution in [1.29, 1.82) is 0 Å². The van der Waals surface area contributed by atoms with Crippen LogP contribution in [0.4, 0.5) is 0 Å². The summed E-state index contributed by atoms with van der Waals surface area (Å²) in [6, 6.07) is 8.77. The van der Waals surface area contributed by atoms with Crippen molar-refractivity contribution in [2.75, 3.05) is 6.61 Å². The summed E-state index contributed by atoms with van der Waals surface area (Å²) in [5.41, 5.74) is 4.21. The summed E-state index contributed by atoms with van der Waals surface area (Å²) < 4.78 is 7.03. The Morgan fingerprint density at radius 1 is 1.47 bits per heavy atom. The van der Waals surface area contributed by atoms with Crippen LogP contribution < -0.4 is 11.3 Å². The third-order valence-electron chi connectivity index (χ3n) is 3.42. The number of halogens is 1. The summed E-state index contributed by atoms with van der Waals surface area (Å²) in [5.74, 6) is 6.24. The summed E-state index contributed by atoms with van der Waals surface area (Å²) in [5, 5.41) is 0. The van der Waals surface area contributed by atoms with Crippen LogP contribution in [0.1, 0.15) is 18.9 Å². The van der Waals surface area contributed by atoms with Gasteiger partial charge in [0.2, 0.25) is 0 Å². The Bertz CT molecular complexity index is 355. The van der Waals surface area contributed by atoms with Gasteiger partial charge in [0.25, 0.3) is 0 Å². The molecule has 1 heterocycles. The minimum atomic E-state index is 0.201. The van der Waals surface area contributed by atoms with Crippen LogP contribution in [0.15, 0.2) is 24.3 Å². The molecule has 94 valence electrons. The van der Waals surface area contributed by atoms with Crippen LogP contribution in [0.3, 0.4) is 0 Å². The average Bonchev–Trinajstić information content (AvgIpc) is 2.75. The highest BCUT2D eigenvalue weighted by Crippen LogP contribution is 2.24. The summed E-state index contributed by atoms with van der Waals surface area (Å²) in [4.78, 5) is 0. The van der Waals surface area contributed by atoms with Gasteiger partial charge in [0.1, 0.15) is 0 Å². The van der Waals surface area contributed by atoms with Gasteiger partial charge < -0.3 is 4.74 Å². The molecule has 0 amide bonds. The van der Waals surface area contributed by atoms with Gasteiger partial charge in [-0.05, 0) is 59.0 Å². The lowest BCUT2D eigenvalue weighted by molar-refractivity contribution is 0.0610. The van der Waals surface area contributed by atoms with Crippen molar-refractivity contribution >= 4 is 22.6 Å². The van der Waals surface area contributed by atoms with Crippen molar-refractivity contribution in [1.82, 2.24) is 5.43 Å². The summed E-state index contributed by atoms with van der Waals surface area (Å²) >= 11 is 2.32. The number of nitrogens with two attached hydrogens (primary N) is 1. The summed E-state index contributed by atoms with van der Waals surface area (Å²) in [6.07, 6.45) is 2.29. The third-order valence-corrected chi connectivity index (χ3v) is 4.14. The second-order valence-corrected chi connectivity index (χ2v) is 5.95. The topological polar surface area (TPSA) is 47.3 Å². The van der Waals surface area contributed by atoms with Gasteiger partial charge in [-0.2, -0.15) is 0 Å². The van der Waals surface area contributed by atoms with Crippen LogP contribution in [0.5, 0.6) is 0 Å². The Balaban J connectivity index is 2.01. The lowest BCUT2D eigenvalue weighted by Crippen LogP contribution is -2.47. The molecule has 0 radical (unpaired) electrons. The van der Waals surface area contributed by atoms with Gasteiger partial charge in [-0.25, -0.2) is 0 Å². The standard InChI is InChI=1S/C13H19IN2O/c1-9-6-7-17-13(9)12(16-15)8-10-2-4-11(14)5-3-10/h2-5,9,12-13,16H,6-8,15H2,1H3. The predicted molar refractivity (Wildman–Crippen MR) is 77.5 cm³/mol. The number of ether oxygens (including phenoxy) is 1. The first kappa shape index (κ1) is 13.3. The molecular formula is C13H19IN2O. The van der Waals surface area contributed by atoms with E-state index >= 15 is 0 Å². The summed E-state index contributed by atoms with van der Waals surface area (Å²) in [6.45, 7) is 3.09. The van der Waals surface area contributed by atoms with Crippen molar-refractivity contribution in [2.45, 2.75) is 31.9 Å². The molecule has 1 aromatic carbocycles. The molecule has 1 aliphatic heterocycles. The van der Waals surface area contributed by atoms with E-state index in [4.69, 9.17) is 10.6 Å². The Hall–Kier alpha value is -0.170. The molecule has 0 aliphatic carbocycles. The summed E-state index contributed by atoms with van der Waals surface area (Å²) in [7, 11) is 0. The van der Waals surface area contributed by atoms with E-state index in [1.807, 2.05) is 0 Å². The largest absolute Gasteiger partial charge is 0.376 e. The highest BCUT2D eigenvalue weighted by molar-refractivity contribution is 14.1. The zero-order valence-electron chi connectivity index (χ0n) is 10.0. The average molecular weight is 346 g/mol. The van der Waals surface area contributed by atoms with E-state index < -0.39 is 0 Å². The first-order valence-electron chi connectivity index (χ1n) is 6.03. The van der Waals surface area contributed by atoms with Gasteiger partial charge in [-0.3, -0.25) is 11.3 Å². The Labute approximate surface area is 116 Å². The van der Waals surface area contributed by atoms with Crippen LogP contribution in [0, 0.1) is 9.49 Å². The van der Waals surface area contributed by atoms with E-state index in [-0.39, 0.29) is 12.1 Å². The van der Waals surface area contributed by atoms with Gasteiger partial charge >= 0.3 is 0 Å². The van der Waals surface area contributed by atoms with Crippen molar-refractivity contribution < 1.29 is 4.74 Å². The molecule has 0 aromatic heterocycles. The molecule has 1 aliphatic rings. The van der Waals surface area contributed by atoms with E-state index in [0.717, 1.165) is 19.4 Å². The monoisotopic (exact) mass is 346 g/mol. The van der Waals surface area contributed by atoms with Crippen LogP contribution >= 0.6 is 22.6 Å². The Morgan fingerprint density at radius 3 is 2.71 bits per heavy atom. The van der Waals surface area contributed by atoms with Crippen LogP contribution in [-0.2, 0) is 11.2 Å². The van der Waals surface area contributed by atoms with Gasteiger partial charge in [0.05, 0.1) is 12.1 Å². The fourth-order valence-corrected chi connectivity index (χ4v) is 2.74. The van der Waals surface area contributed by atoms with Gasteiger partial charge in [0.15, 0.2) is 0 Å². The second-order valence-electron chi connectivity index (χ2n) is 4.71. The third kappa shape index (κ3) is 3.40. The molecule has 1 fully saturated rings. The minimum Gasteiger partial charge on any atom is -0.376 e. The van der Waals surface area contributed by atoms with E-state index in [1.54, 1.807) is 0 Å². The Kier molecular flexibility index (Phi) is 4.78. The minimum absolute atomic E-state index is 0.201. The van der Waals surface area contributed by atoms with E-state index in [0.29, 0.717) is 5.92 Å². The molecule has 0 spiro atoms. The molecule has 3 unspecified atom stereocenters. The molecule has 3 N–H and O–H groups in total. The molecule has 0 bridgehead atoms. The van der Waals surface area contributed by atoms with Gasteiger partial charge in [-0.15, -0.1) is 0 Å². The normalized spacial score (nSPS) is 26.1. The molecule has 1 aromatic rings. The van der Waals surface area contributed by atoms with Crippen molar-refractivity contribution in [3.8, 4) is 0 Å². The fraction of sp³-hybridized carbons (Fsp3) is 0.538. The zero-order chi connectivity index (χ0) is 12.3. The smallest absolute Gasteiger partial charge is 0.0771 e. The molecule has 3 atom stereocenters. The first-order chi connectivity index (χ1) is 8.20. The zero-order valence-corrected chi connectivity index (χ0v) is 12.2. The number of hydrogen-bond acceptors (Lipinski definition) is 3. The number of hydrogen-bond donors (Lipinski definition) is 2. The van der Waals surface area contributed by atoms with Crippen LogP contribution in [-0.4, -0.2) is 18.8 Å².